The van der Waals surface area contributed by atoms with Crippen LogP contribution in [-0.2, 0) is 14.8 Å². The van der Waals surface area contributed by atoms with Gasteiger partial charge in [0.2, 0.25) is 10.0 Å². The molecule has 2 saturated heterocycles. The average Bonchev–Trinajstić information content (AvgIpc) is 2.72. The number of piperidine rings is 2. The van der Waals surface area contributed by atoms with Gasteiger partial charge in [0, 0.05) is 24.7 Å². The van der Waals surface area contributed by atoms with E-state index in [2.05, 4.69) is 11.9 Å². The third-order valence-electron chi connectivity index (χ3n) is 5.92. The van der Waals surface area contributed by atoms with Crippen molar-refractivity contribution in [1.82, 2.24) is 14.1 Å². The molecule has 0 spiro atoms. The molecule has 1 aromatic carbocycles. The summed E-state index contributed by atoms with van der Waals surface area (Å²) in [6, 6.07) is 6.00. The lowest BCUT2D eigenvalue weighted by atomic mass is 10.0. The van der Waals surface area contributed by atoms with E-state index in [9.17, 15) is 13.2 Å². The molecule has 7 nitrogen and oxygen atoms in total. The van der Waals surface area contributed by atoms with Gasteiger partial charge in [0.15, 0.2) is 0 Å². The second-order valence-corrected chi connectivity index (χ2v) is 10.3. The number of ether oxygens (including phenoxy) is 1. The Morgan fingerprint density at radius 2 is 1.79 bits per heavy atom. The number of benzene rings is 1. The number of halogens is 1. The molecule has 1 aromatic rings. The summed E-state index contributed by atoms with van der Waals surface area (Å²) in [4.78, 5) is 16.7. The topological polar surface area (TPSA) is 70.2 Å². The molecular formula is C20H30ClN3O4S. The second kappa shape index (κ2) is 9.64. The molecule has 29 heavy (non-hydrogen) atoms. The summed E-state index contributed by atoms with van der Waals surface area (Å²) in [5, 5.41) is 0.491. The van der Waals surface area contributed by atoms with Crippen molar-refractivity contribution >= 4 is 27.7 Å². The van der Waals surface area contributed by atoms with Gasteiger partial charge in [-0.1, -0.05) is 18.0 Å². The third kappa shape index (κ3) is 5.42. The first-order valence-corrected chi connectivity index (χ1v) is 12.0. The zero-order valence-electron chi connectivity index (χ0n) is 17.1. The predicted octanol–water partition coefficient (Wildman–Crippen LogP) is 3.05. The first-order valence-electron chi connectivity index (χ1n) is 10.1. The van der Waals surface area contributed by atoms with E-state index in [1.165, 1.54) is 16.4 Å². The average molecular weight is 444 g/mol. The highest BCUT2D eigenvalue weighted by atomic mass is 35.5. The number of hydrogen-bond donors (Lipinski definition) is 0. The fourth-order valence-electron chi connectivity index (χ4n) is 4.00. The Balaban J connectivity index is 1.62. The molecular weight excluding hydrogens is 414 g/mol. The van der Waals surface area contributed by atoms with Gasteiger partial charge in [-0.15, -0.1) is 0 Å². The predicted molar refractivity (Wildman–Crippen MR) is 113 cm³/mol. The van der Waals surface area contributed by atoms with E-state index >= 15 is 0 Å². The van der Waals surface area contributed by atoms with Crippen molar-refractivity contribution in [3.05, 3.63) is 29.3 Å². The molecule has 2 fully saturated rings. The van der Waals surface area contributed by atoms with Gasteiger partial charge in [-0.3, -0.25) is 0 Å². The fraction of sp³-hybridized carbons (Fsp3) is 0.650. The van der Waals surface area contributed by atoms with E-state index in [1.807, 2.05) is 0 Å². The van der Waals surface area contributed by atoms with E-state index < -0.39 is 10.0 Å². The number of amides is 1. The van der Waals surface area contributed by atoms with E-state index in [4.69, 9.17) is 16.3 Å². The summed E-state index contributed by atoms with van der Waals surface area (Å²) in [6.07, 6.45) is 3.85. The zero-order valence-corrected chi connectivity index (χ0v) is 18.7. The maximum absolute atomic E-state index is 13.1. The number of rotatable bonds is 5. The smallest absolute Gasteiger partial charge is 0.409 e. The Hall–Kier alpha value is -1.35. The summed E-state index contributed by atoms with van der Waals surface area (Å²) in [6.45, 7) is 2.41. The molecule has 9 heteroatoms. The SMILES string of the molecule is CN1CCC(N(C)C(=O)OC[C@@H]2CCCCN2S(=O)(=O)c2ccc(Cl)cc2)CC1. The molecule has 1 atom stereocenters. The Bertz CT molecular complexity index is 794. The van der Waals surface area contributed by atoms with Crippen LogP contribution < -0.4 is 0 Å². The molecule has 0 unspecified atom stereocenters. The Morgan fingerprint density at radius 1 is 1.14 bits per heavy atom. The molecule has 2 aliphatic rings. The lowest BCUT2D eigenvalue weighted by Crippen LogP contribution is -2.48. The van der Waals surface area contributed by atoms with Gasteiger partial charge >= 0.3 is 6.09 Å². The summed E-state index contributed by atoms with van der Waals surface area (Å²) in [5.74, 6) is 0. The molecule has 0 aromatic heterocycles. The lowest BCUT2D eigenvalue weighted by Gasteiger charge is -2.36. The van der Waals surface area contributed by atoms with Crippen molar-refractivity contribution in [2.24, 2.45) is 0 Å². The van der Waals surface area contributed by atoms with Crippen molar-refractivity contribution in [3.63, 3.8) is 0 Å². The minimum absolute atomic E-state index is 0.0720. The van der Waals surface area contributed by atoms with Crippen LogP contribution in [0.1, 0.15) is 32.1 Å². The van der Waals surface area contributed by atoms with Crippen molar-refractivity contribution < 1.29 is 17.9 Å². The molecule has 0 bridgehead atoms. The first-order chi connectivity index (χ1) is 13.8. The van der Waals surface area contributed by atoms with Gasteiger partial charge in [0.25, 0.3) is 0 Å². The fourth-order valence-corrected chi connectivity index (χ4v) is 5.80. The maximum atomic E-state index is 13.1. The largest absolute Gasteiger partial charge is 0.448 e. The van der Waals surface area contributed by atoms with Crippen LogP contribution in [0.3, 0.4) is 0 Å². The van der Waals surface area contributed by atoms with Gasteiger partial charge in [-0.2, -0.15) is 4.31 Å². The van der Waals surface area contributed by atoms with E-state index in [1.54, 1.807) is 24.1 Å². The van der Waals surface area contributed by atoms with Crippen LogP contribution in [0.15, 0.2) is 29.2 Å². The summed E-state index contributed by atoms with van der Waals surface area (Å²) >= 11 is 5.89. The van der Waals surface area contributed by atoms with Crippen LogP contribution in [0.25, 0.3) is 0 Å². The van der Waals surface area contributed by atoms with Gasteiger partial charge in [-0.05, 0) is 70.1 Å². The van der Waals surface area contributed by atoms with Gasteiger partial charge in [0.1, 0.15) is 6.61 Å². The molecule has 3 rings (SSSR count). The number of sulfonamides is 1. The maximum Gasteiger partial charge on any atom is 0.409 e. The molecule has 0 saturated carbocycles. The second-order valence-electron chi connectivity index (χ2n) is 7.94. The van der Waals surface area contributed by atoms with Crippen LogP contribution >= 0.6 is 11.6 Å². The minimum Gasteiger partial charge on any atom is -0.448 e. The quantitative estimate of drug-likeness (QED) is 0.699. The molecule has 162 valence electrons. The van der Waals surface area contributed by atoms with Crippen LogP contribution in [-0.4, -0.2) is 81.0 Å². The molecule has 0 aliphatic carbocycles. The number of hydrogen-bond acceptors (Lipinski definition) is 5. The molecule has 1 amide bonds. The highest BCUT2D eigenvalue weighted by molar-refractivity contribution is 7.89. The van der Waals surface area contributed by atoms with Gasteiger partial charge in [0.05, 0.1) is 10.9 Å². The standard InChI is InChI=1S/C20H30ClN3O4S/c1-22-13-10-17(11-14-22)23(2)20(25)28-15-18-5-3-4-12-24(18)29(26,27)19-8-6-16(21)7-9-19/h6-9,17-18H,3-5,10-15H2,1-2H3/t18-/m0/s1. The van der Waals surface area contributed by atoms with Crippen molar-refractivity contribution in [2.75, 3.05) is 40.3 Å². The Kier molecular flexibility index (Phi) is 7.42. The lowest BCUT2D eigenvalue weighted by molar-refractivity contribution is 0.0602. The molecule has 0 N–H and O–H groups in total. The summed E-state index contributed by atoms with van der Waals surface area (Å²) < 4.78 is 33.2. The van der Waals surface area contributed by atoms with Crippen molar-refractivity contribution in [3.8, 4) is 0 Å². The third-order valence-corrected chi connectivity index (χ3v) is 8.13. The first kappa shape index (κ1) is 22.3. The molecule has 2 aliphatic heterocycles. The summed E-state index contributed by atoms with van der Waals surface area (Å²) in [7, 11) is 0.184. The zero-order chi connectivity index (χ0) is 21.0. The van der Waals surface area contributed by atoms with Crippen LogP contribution in [0.2, 0.25) is 5.02 Å². The highest BCUT2D eigenvalue weighted by Crippen LogP contribution is 2.26. The monoisotopic (exact) mass is 443 g/mol. The normalized spacial score (nSPS) is 22.4. The van der Waals surface area contributed by atoms with Crippen molar-refractivity contribution in [1.29, 1.82) is 0 Å². The number of carbonyl (C=O) groups is 1. The summed E-state index contributed by atoms with van der Waals surface area (Å²) in [5.41, 5.74) is 0. The van der Waals surface area contributed by atoms with E-state index in [0.717, 1.165) is 38.8 Å². The minimum atomic E-state index is -3.66. The Morgan fingerprint density at radius 3 is 2.45 bits per heavy atom. The van der Waals surface area contributed by atoms with Gasteiger partial charge < -0.3 is 14.5 Å². The highest BCUT2D eigenvalue weighted by Gasteiger charge is 2.35. The molecule has 2 heterocycles. The van der Waals surface area contributed by atoms with Crippen LogP contribution in [0.4, 0.5) is 4.79 Å². The number of carbonyl (C=O) groups excluding carboxylic acids is 1. The Labute approximate surface area is 178 Å². The van der Waals surface area contributed by atoms with Crippen molar-refractivity contribution in [2.45, 2.75) is 49.1 Å². The number of nitrogens with zero attached hydrogens (tertiary/aromatic N) is 3. The van der Waals surface area contributed by atoms with E-state index in [-0.39, 0.29) is 29.7 Å². The number of likely N-dealkylation sites (tertiary alicyclic amines) is 1. The van der Waals surface area contributed by atoms with Crippen LogP contribution in [0, 0.1) is 0 Å². The molecule has 0 radical (unpaired) electrons. The van der Waals surface area contributed by atoms with E-state index in [0.29, 0.717) is 18.0 Å². The van der Waals surface area contributed by atoms with Crippen LogP contribution in [0.5, 0.6) is 0 Å². The van der Waals surface area contributed by atoms with Gasteiger partial charge in [-0.25, -0.2) is 13.2 Å².